The maximum Gasteiger partial charge on any atom is 0.417 e. The maximum absolute atomic E-state index is 10.9. The highest BCUT2D eigenvalue weighted by Crippen LogP contribution is 2.20. The molecule has 2 rings (SSSR count). The molecule has 0 aliphatic heterocycles. The summed E-state index contributed by atoms with van der Waals surface area (Å²) in [5.41, 5.74) is 0.824. The summed E-state index contributed by atoms with van der Waals surface area (Å²) in [5.74, 6) is -0.670. The molecule has 0 saturated carbocycles. The number of nitrogens with one attached hydrogen (secondary N) is 1. The molecule has 0 spiro atoms. The molecule has 0 aliphatic rings. The number of aromatic amines is 1. The van der Waals surface area contributed by atoms with E-state index in [1.807, 2.05) is 0 Å². The summed E-state index contributed by atoms with van der Waals surface area (Å²) in [6, 6.07) is 2.53. The molecule has 0 saturated heterocycles. The molecule has 1 aromatic heterocycles. The zero-order valence-corrected chi connectivity index (χ0v) is 9.68. The number of hydrogen-bond donors (Lipinski definition) is 2. The van der Waals surface area contributed by atoms with E-state index in [0.29, 0.717) is 11.1 Å². The van der Waals surface area contributed by atoms with E-state index >= 15 is 0 Å². The van der Waals surface area contributed by atoms with Crippen LogP contribution in [0.15, 0.2) is 26.2 Å². The molecule has 2 N–H and O–H groups in total. The van der Waals surface area contributed by atoms with Gasteiger partial charge in [0.05, 0.1) is 5.52 Å². The third-order valence-electron chi connectivity index (χ3n) is 1.99. The predicted octanol–water partition coefficient (Wildman–Crippen LogP) is 1.10. The third-order valence-corrected chi connectivity index (χ3v) is 2.99. The van der Waals surface area contributed by atoms with Crippen LogP contribution >= 0.6 is 12.4 Å². The van der Waals surface area contributed by atoms with Gasteiger partial charge in [-0.2, -0.15) is 8.42 Å². The SMILES string of the molecule is Cc1cc2[nH]c(=O)oc2cc1S(=O)(=O)O.Cl. The quantitative estimate of drug-likeness (QED) is 0.752. The number of rotatable bonds is 1. The Morgan fingerprint density at radius 3 is 2.56 bits per heavy atom. The first-order valence-electron chi connectivity index (χ1n) is 3.99. The first-order valence-corrected chi connectivity index (χ1v) is 5.43. The number of halogens is 1. The Kier molecular flexibility index (Phi) is 3.13. The van der Waals surface area contributed by atoms with E-state index in [0.717, 1.165) is 6.07 Å². The summed E-state index contributed by atoms with van der Waals surface area (Å²) in [6.07, 6.45) is 0. The third kappa shape index (κ3) is 2.11. The van der Waals surface area contributed by atoms with E-state index in [1.54, 1.807) is 0 Å². The van der Waals surface area contributed by atoms with Gasteiger partial charge in [-0.15, -0.1) is 12.4 Å². The van der Waals surface area contributed by atoms with Crippen molar-refractivity contribution in [2.45, 2.75) is 11.8 Å². The van der Waals surface area contributed by atoms with Crippen LogP contribution < -0.4 is 5.76 Å². The average molecular weight is 266 g/mol. The van der Waals surface area contributed by atoms with Crippen LogP contribution in [0.25, 0.3) is 11.1 Å². The summed E-state index contributed by atoms with van der Waals surface area (Å²) < 4.78 is 35.4. The van der Waals surface area contributed by atoms with E-state index < -0.39 is 15.9 Å². The van der Waals surface area contributed by atoms with Crippen LogP contribution in [-0.4, -0.2) is 18.0 Å². The van der Waals surface area contributed by atoms with Gasteiger partial charge in [-0.25, -0.2) is 4.79 Å². The van der Waals surface area contributed by atoms with Crippen molar-refractivity contribution in [3.05, 3.63) is 28.2 Å². The topological polar surface area (TPSA) is 100 Å². The number of benzene rings is 1. The molecule has 88 valence electrons. The van der Waals surface area contributed by atoms with Gasteiger partial charge in [0.15, 0.2) is 5.58 Å². The van der Waals surface area contributed by atoms with E-state index in [4.69, 9.17) is 4.55 Å². The molecule has 0 radical (unpaired) electrons. The van der Waals surface area contributed by atoms with Crippen molar-refractivity contribution in [1.82, 2.24) is 4.98 Å². The smallest absolute Gasteiger partial charge is 0.408 e. The Morgan fingerprint density at radius 1 is 1.38 bits per heavy atom. The fourth-order valence-electron chi connectivity index (χ4n) is 1.36. The van der Waals surface area contributed by atoms with Gasteiger partial charge in [-0.05, 0) is 18.6 Å². The van der Waals surface area contributed by atoms with Gasteiger partial charge in [0.1, 0.15) is 4.90 Å². The lowest BCUT2D eigenvalue weighted by atomic mass is 10.2. The highest BCUT2D eigenvalue weighted by atomic mass is 35.5. The van der Waals surface area contributed by atoms with Gasteiger partial charge in [0.2, 0.25) is 0 Å². The summed E-state index contributed by atoms with van der Waals surface area (Å²) >= 11 is 0. The molecule has 0 unspecified atom stereocenters. The molecule has 8 heteroatoms. The van der Waals surface area contributed by atoms with Gasteiger partial charge in [-0.3, -0.25) is 9.54 Å². The molecule has 0 bridgehead atoms. The molecule has 2 aromatic rings. The number of aromatic nitrogens is 1. The predicted molar refractivity (Wildman–Crippen MR) is 58.6 cm³/mol. The lowest BCUT2D eigenvalue weighted by Crippen LogP contribution is -2.00. The fraction of sp³-hybridized carbons (Fsp3) is 0.125. The van der Waals surface area contributed by atoms with Crippen LogP contribution in [0.5, 0.6) is 0 Å². The minimum atomic E-state index is -4.29. The largest absolute Gasteiger partial charge is 0.417 e. The number of fused-ring (bicyclic) bond motifs is 1. The molecule has 6 nitrogen and oxygen atoms in total. The zero-order valence-electron chi connectivity index (χ0n) is 8.05. The van der Waals surface area contributed by atoms with Crippen molar-refractivity contribution in [3.63, 3.8) is 0 Å². The Hall–Kier alpha value is -1.31. The van der Waals surface area contributed by atoms with Crippen molar-refractivity contribution < 1.29 is 17.4 Å². The van der Waals surface area contributed by atoms with Crippen molar-refractivity contribution in [2.24, 2.45) is 0 Å². The second-order valence-electron chi connectivity index (χ2n) is 3.10. The second kappa shape index (κ2) is 3.93. The van der Waals surface area contributed by atoms with Crippen LogP contribution in [0.4, 0.5) is 0 Å². The van der Waals surface area contributed by atoms with E-state index in [9.17, 15) is 13.2 Å². The number of aryl methyl sites for hydroxylation is 1. The molecule has 0 amide bonds. The van der Waals surface area contributed by atoms with Crippen molar-refractivity contribution in [3.8, 4) is 0 Å². The lowest BCUT2D eigenvalue weighted by Gasteiger charge is -2.00. The van der Waals surface area contributed by atoms with Crippen molar-refractivity contribution in [2.75, 3.05) is 0 Å². The van der Waals surface area contributed by atoms with E-state index in [2.05, 4.69) is 9.40 Å². The normalized spacial score (nSPS) is 11.4. The number of H-pyrrole nitrogens is 1. The number of oxazole rings is 1. The van der Waals surface area contributed by atoms with Gasteiger partial charge in [0, 0.05) is 6.07 Å². The Morgan fingerprint density at radius 2 is 2.00 bits per heavy atom. The van der Waals surface area contributed by atoms with Crippen LogP contribution in [0.3, 0.4) is 0 Å². The summed E-state index contributed by atoms with van der Waals surface area (Å²) in [7, 11) is -4.29. The Bertz CT molecular complexity index is 684. The minimum absolute atomic E-state index is 0. The monoisotopic (exact) mass is 265 g/mol. The number of hydrogen-bond acceptors (Lipinski definition) is 4. The minimum Gasteiger partial charge on any atom is -0.408 e. The van der Waals surface area contributed by atoms with Crippen LogP contribution in [0, 0.1) is 6.92 Å². The van der Waals surface area contributed by atoms with E-state index in [-0.39, 0.29) is 22.9 Å². The molecular formula is C8H8ClNO5S. The summed E-state index contributed by atoms with van der Waals surface area (Å²) in [6.45, 7) is 1.51. The molecular weight excluding hydrogens is 258 g/mol. The first-order chi connectivity index (χ1) is 6.88. The molecule has 16 heavy (non-hydrogen) atoms. The van der Waals surface area contributed by atoms with Gasteiger partial charge in [0.25, 0.3) is 10.1 Å². The molecule has 1 aromatic carbocycles. The Balaban J connectivity index is 0.00000128. The Labute approximate surface area is 96.4 Å². The van der Waals surface area contributed by atoms with Crippen LogP contribution in [0.1, 0.15) is 5.56 Å². The van der Waals surface area contributed by atoms with Crippen molar-refractivity contribution in [1.29, 1.82) is 0 Å². The van der Waals surface area contributed by atoms with E-state index in [1.165, 1.54) is 13.0 Å². The summed E-state index contributed by atoms with van der Waals surface area (Å²) in [5, 5.41) is 0. The summed E-state index contributed by atoms with van der Waals surface area (Å²) in [4.78, 5) is 12.9. The van der Waals surface area contributed by atoms with Crippen LogP contribution in [0.2, 0.25) is 0 Å². The highest BCUT2D eigenvalue weighted by molar-refractivity contribution is 7.85. The second-order valence-corrected chi connectivity index (χ2v) is 4.49. The average Bonchev–Trinajstić information content (AvgIpc) is 2.40. The fourth-order valence-corrected chi connectivity index (χ4v) is 2.09. The zero-order chi connectivity index (χ0) is 11.2. The molecule has 0 aliphatic carbocycles. The molecule has 0 fully saturated rings. The molecule has 0 atom stereocenters. The lowest BCUT2D eigenvalue weighted by molar-refractivity contribution is 0.482. The van der Waals surface area contributed by atoms with Crippen LogP contribution in [-0.2, 0) is 10.1 Å². The standard InChI is InChI=1S/C8H7NO5S.ClH/c1-4-2-5-6(14-8(10)9-5)3-7(4)15(11,12)13;/h2-3H,1H3,(H,9,10)(H,11,12,13);1H. The highest BCUT2D eigenvalue weighted by Gasteiger charge is 2.15. The molecule has 1 heterocycles. The first kappa shape index (κ1) is 12.8. The maximum atomic E-state index is 10.9. The van der Waals surface area contributed by atoms with Gasteiger partial charge < -0.3 is 4.42 Å². The van der Waals surface area contributed by atoms with Crippen molar-refractivity contribution >= 4 is 33.6 Å². The van der Waals surface area contributed by atoms with Gasteiger partial charge >= 0.3 is 5.76 Å². The van der Waals surface area contributed by atoms with Gasteiger partial charge in [-0.1, -0.05) is 0 Å².